The molecular formula is C15H18N6O3. The number of aromatic nitrogens is 5. The highest BCUT2D eigenvalue weighted by molar-refractivity contribution is 5.81. The third kappa shape index (κ3) is 2.82. The minimum atomic E-state index is -0.0286. The summed E-state index contributed by atoms with van der Waals surface area (Å²) in [7, 11) is 0. The van der Waals surface area contributed by atoms with E-state index < -0.39 is 0 Å². The van der Waals surface area contributed by atoms with E-state index in [0.29, 0.717) is 48.4 Å². The highest BCUT2D eigenvalue weighted by Crippen LogP contribution is 2.24. The van der Waals surface area contributed by atoms with Crippen molar-refractivity contribution in [1.82, 2.24) is 25.1 Å². The van der Waals surface area contributed by atoms with Crippen LogP contribution in [0.3, 0.4) is 0 Å². The number of hydrogen-bond donors (Lipinski definition) is 0. The molecule has 24 heavy (non-hydrogen) atoms. The van der Waals surface area contributed by atoms with Crippen molar-refractivity contribution in [3.05, 3.63) is 23.9 Å². The maximum absolute atomic E-state index is 5.84. The fourth-order valence-electron chi connectivity index (χ4n) is 2.83. The lowest BCUT2D eigenvalue weighted by atomic mass is 10.2. The van der Waals surface area contributed by atoms with Crippen molar-refractivity contribution >= 4 is 17.0 Å². The number of ether oxygens (including phenoxy) is 1. The zero-order chi connectivity index (χ0) is 16.5. The van der Waals surface area contributed by atoms with Gasteiger partial charge in [0.2, 0.25) is 5.89 Å². The van der Waals surface area contributed by atoms with E-state index in [-0.39, 0.29) is 6.10 Å². The molecule has 1 aliphatic rings. The average Bonchev–Trinajstić information content (AvgIpc) is 3.19. The zero-order valence-electron chi connectivity index (χ0n) is 13.6. The van der Waals surface area contributed by atoms with Gasteiger partial charge in [-0.2, -0.15) is 9.97 Å². The van der Waals surface area contributed by atoms with Gasteiger partial charge in [0.15, 0.2) is 23.0 Å². The van der Waals surface area contributed by atoms with E-state index in [2.05, 4.69) is 30.0 Å². The van der Waals surface area contributed by atoms with Gasteiger partial charge in [-0.1, -0.05) is 12.1 Å². The summed E-state index contributed by atoms with van der Waals surface area (Å²) >= 11 is 0. The van der Waals surface area contributed by atoms with Crippen LogP contribution in [-0.4, -0.2) is 50.9 Å². The standard InChI is InChI=1S/C15H18N6O3/c1-3-12-19-11(20-24-12)6-10-7-21(4-5-22-10)14-13-15(17-8-16-14)23-9(2)18-13/h8,10H,3-7H2,1-2H3. The van der Waals surface area contributed by atoms with E-state index in [0.717, 1.165) is 18.8 Å². The second-order valence-electron chi connectivity index (χ2n) is 5.68. The predicted octanol–water partition coefficient (Wildman–Crippen LogP) is 1.32. The quantitative estimate of drug-likeness (QED) is 0.700. The summed E-state index contributed by atoms with van der Waals surface area (Å²) in [5, 5.41) is 3.99. The van der Waals surface area contributed by atoms with E-state index in [9.17, 15) is 0 Å². The molecule has 0 radical (unpaired) electrons. The third-order valence-corrected chi connectivity index (χ3v) is 3.94. The van der Waals surface area contributed by atoms with Gasteiger partial charge in [-0.05, 0) is 0 Å². The molecule has 0 aromatic carbocycles. The maximum Gasteiger partial charge on any atom is 0.252 e. The van der Waals surface area contributed by atoms with Crippen LogP contribution in [0.5, 0.6) is 0 Å². The molecule has 1 aliphatic heterocycles. The number of rotatable bonds is 4. The van der Waals surface area contributed by atoms with Gasteiger partial charge in [0, 0.05) is 32.9 Å². The summed E-state index contributed by atoms with van der Waals surface area (Å²) in [5.41, 5.74) is 1.19. The molecule has 3 aromatic rings. The van der Waals surface area contributed by atoms with E-state index in [1.165, 1.54) is 6.33 Å². The van der Waals surface area contributed by atoms with Crippen molar-refractivity contribution in [1.29, 1.82) is 0 Å². The summed E-state index contributed by atoms with van der Waals surface area (Å²) < 4.78 is 16.5. The summed E-state index contributed by atoms with van der Waals surface area (Å²) in [6.45, 7) is 5.80. The van der Waals surface area contributed by atoms with Crippen molar-refractivity contribution in [2.75, 3.05) is 24.6 Å². The SMILES string of the molecule is CCc1nc(CC2CN(c3ncnc4oc(C)nc34)CCO2)no1. The van der Waals surface area contributed by atoms with Crippen LogP contribution in [0.15, 0.2) is 15.3 Å². The van der Waals surface area contributed by atoms with Crippen LogP contribution in [0, 0.1) is 6.92 Å². The Labute approximate surface area is 138 Å². The van der Waals surface area contributed by atoms with Gasteiger partial charge in [-0.3, -0.25) is 0 Å². The molecule has 1 saturated heterocycles. The zero-order valence-corrected chi connectivity index (χ0v) is 13.6. The van der Waals surface area contributed by atoms with Crippen LogP contribution >= 0.6 is 0 Å². The first-order valence-electron chi connectivity index (χ1n) is 7.99. The molecule has 0 amide bonds. The van der Waals surface area contributed by atoms with Crippen molar-refractivity contribution < 1.29 is 13.7 Å². The Morgan fingerprint density at radius 2 is 2.21 bits per heavy atom. The monoisotopic (exact) mass is 330 g/mol. The van der Waals surface area contributed by atoms with Crippen LogP contribution < -0.4 is 4.90 Å². The molecule has 1 fully saturated rings. The first-order valence-corrected chi connectivity index (χ1v) is 7.99. The molecule has 0 aliphatic carbocycles. The van der Waals surface area contributed by atoms with Crippen LogP contribution in [-0.2, 0) is 17.6 Å². The van der Waals surface area contributed by atoms with E-state index >= 15 is 0 Å². The molecule has 9 nitrogen and oxygen atoms in total. The molecule has 4 rings (SSSR count). The van der Waals surface area contributed by atoms with E-state index in [1.807, 2.05) is 6.92 Å². The van der Waals surface area contributed by atoms with Crippen molar-refractivity contribution in [2.45, 2.75) is 32.8 Å². The molecule has 9 heteroatoms. The molecule has 126 valence electrons. The Kier molecular flexibility index (Phi) is 3.85. The second kappa shape index (κ2) is 6.16. The Balaban J connectivity index is 1.53. The molecule has 1 atom stereocenters. The van der Waals surface area contributed by atoms with Crippen molar-refractivity contribution in [2.24, 2.45) is 0 Å². The van der Waals surface area contributed by atoms with E-state index in [1.54, 1.807) is 6.92 Å². The number of oxazole rings is 1. The fourth-order valence-corrected chi connectivity index (χ4v) is 2.83. The summed E-state index contributed by atoms with van der Waals surface area (Å²) in [4.78, 5) is 19.4. The summed E-state index contributed by atoms with van der Waals surface area (Å²) in [6.07, 6.45) is 2.81. The van der Waals surface area contributed by atoms with Gasteiger partial charge in [0.05, 0.1) is 12.7 Å². The number of fused-ring (bicyclic) bond motifs is 1. The lowest BCUT2D eigenvalue weighted by Gasteiger charge is -2.33. The van der Waals surface area contributed by atoms with Gasteiger partial charge >= 0.3 is 0 Å². The summed E-state index contributed by atoms with van der Waals surface area (Å²) in [6, 6.07) is 0. The lowest BCUT2D eigenvalue weighted by Crippen LogP contribution is -2.44. The van der Waals surface area contributed by atoms with Gasteiger partial charge < -0.3 is 18.6 Å². The first-order chi connectivity index (χ1) is 11.7. The Morgan fingerprint density at radius 3 is 3.04 bits per heavy atom. The summed E-state index contributed by atoms with van der Waals surface area (Å²) in [5.74, 6) is 2.67. The van der Waals surface area contributed by atoms with Crippen LogP contribution in [0.1, 0.15) is 24.5 Å². The molecule has 0 saturated carbocycles. The lowest BCUT2D eigenvalue weighted by molar-refractivity contribution is 0.0393. The normalized spacial score (nSPS) is 18.4. The molecule has 0 bridgehead atoms. The molecule has 0 spiro atoms. The minimum Gasteiger partial charge on any atom is -0.422 e. The topological polar surface area (TPSA) is 103 Å². The minimum absolute atomic E-state index is 0.0286. The van der Waals surface area contributed by atoms with E-state index in [4.69, 9.17) is 13.7 Å². The van der Waals surface area contributed by atoms with Crippen molar-refractivity contribution in [3.63, 3.8) is 0 Å². The van der Waals surface area contributed by atoms with Gasteiger partial charge in [0.1, 0.15) is 6.33 Å². The smallest absolute Gasteiger partial charge is 0.252 e. The molecule has 4 heterocycles. The number of aryl methyl sites for hydroxylation is 2. The largest absolute Gasteiger partial charge is 0.422 e. The second-order valence-corrected chi connectivity index (χ2v) is 5.68. The van der Waals surface area contributed by atoms with Gasteiger partial charge in [-0.15, -0.1) is 0 Å². The molecule has 3 aromatic heterocycles. The molecule has 1 unspecified atom stereocenters. The number of hydrogen-bond acceptors (Lipinski definition) is 9. The van der Waals surface area contributed by atoms with Crippen LogP contribution in [0.2, 0.25) is 0 Å². The average molecular weight is 330 g/mol. The number of anilines is 1. The van der Waals surface area contributed by atoms with Gasteiger partial charge in [-0.25, -0.2) is 9.97 Å². The Bertz CT molecular complexity index is 845. The predicted molar refractivity (Wildman–Crippen MR) is 83.7 cm³/mol. The maximum atomic E-state index is 5.84. The number of morpholine rings is 1. The number of nitrogens with zero attached hydrogens (tertiary/aromatic N) is 6. The Hall–Kier alpha value is -2.55. The van der Waals surface area contributed by atoms with Gasteiger partial charge in [0.25, 0.3) is 5.71 Å². The highest BCUT2D eigenvalue weighted by Gasteiger charge is 2.26. The first kappa shape index (κ1) is 15.0. The molecular weight excluding hydrogens is 312 g/mol. The third-order valence-electron chi connectivity index (χ3n) is 3.94. The highest BCUT2D eigenvalue weighted by atomic mass is 16.5. The van der Waals surface area contributed by atoms with Crippen LogP contribution in [0.4, 0.5) is 5.82 Å². The van der Waals surface area contributed by atoms with Crippen LogP contribution in [0.25, 0.3) is 11.2 Å². The van der Waals surface area contributed by atoms with Crippen molar-refractivity contribution in [3.8, 4) is 0 Å². The fraction of sp³-hybridized carbons (Fsp3) is 0.533. The molecule has 0 N–H and O–H groups in total. The Morgan fingerprint density at radius 1 is 1.29 bits per heavy atom.